The summed E-state index contributed by atoms with van der Waals surface area (Å²) in [7, 11) is 0. The van der Waals surface area contributed by atoms with E-state index < -0.39 is 0 Å². The molecule has 476 valence electrons. The van der Waals surface area contributed by atoms with E-state index in [0.717, 1.165) is 45.0 Å². The van der Waals surface area contributed by atoms with Gasteiger partial charge in [-0.05, 0) is 130 Å². The predicted molar refractivity (Wildman–Crippen MR) is 406 cm³/mol. The summed E-state index contributed by atoms with van der Waals surface area (Å²) in [5.74, 6) is 4.04. The number of fused-ring (bicyclic) bond motifs is 9. The molecule has 0 saturated carbocycles. The molecule has 3 aromatic heterocycles. The van der Waals surface area contributed by atoms with E-state index in [1.807, 2.05) is 35.9 Å². The number of rotatable bonds is 14. The van der Waals surface area contributed by atoms with Gasteiger partial charge in [-0.1, -0.05) is 303 Å². The Morgan fingerprint density at radius 3 is 1.22 bits per heavy atom. The topological polar surface area (TPSA) is 44.9 Å². The minimum Gasteiger partial charge on any atom is -0.497 e. The molecule has 13 aromatic carbocycles. The summed E-state index contributed by atoms with van der Waals surface area (Å²) >= 11 is 1.89. The number of ether oxygens (including phenoxy) is 1. The third-order valence-corrected chi connectivity index (χ3v) is 19.9. The summed E-state index contributed by atoms with van der Waals surface area (Å²) < 4.78 is 14.1. The average molecular weight is 1450 g/mol. The number of nitrogens with zero attached hydrogens (tertiary/aromatic N) is 4. The van der Waals surface area contributed by atoms with Crippen molar-refractivity contribution in [2.75, 3.05) is 0 Å². The molecule has 0 N–H and O–H groups in total. The van der Waals surface area contributed by atoms with Gasteiger partial charge in [0.25, 0.3) is 0 Å². The van der Waals surface area contributed by atoms with Crippen LogP contribution >= 0.6 is 11.3 Å². The molecule has 16 aromatic rings. The van der Waals surface area contributed by atoms with Crippen molar-refractivity contribution in [2.45, 2.75) is 79.1 Å². The standard InChI is InChI=1S/C54H52N4O.C36H22S.Pt/c1-35(2)47-21-15-22-48(36(3)4)51(47)57-27-25-55-53(57)43-29-41(39-17-11-9-12-18-39)31-45(33-43)59-46-32-42(40-19-13-10-14-20-40)30-44(34-46)54-56-26-28-58(54)52-49(37(5)6)23-16-24-50(52)38(7)8;1-2-13-29-27(11-1)28-12-3-4-14-30(28)34-22-24(19-20-31(29)34)23-9-7-10-25(21-23)26-16-8-17-33-32-15-5-6-18-35(32)37-36(26)33;/h9-32,35-38H,1-8H3;1-22H;/q-2;;+2. The van der Waals surface area contributed by atoms with Gasteiger partial charge in [-0.15, -0.1) is 34.6 Å². The third kappa shape index (κ3) is 12.5. The third-order valence-electron chi connectivity index (χ3n) is 18.7. The zero-order chi connectivity index (χ0) is 65.6. The fourth-order valence-corrected chi connectivity index (χ4v) is 15.3. The maximum absolute atomic E-state index is 6.93. The van der Waals surface area contributed by atoms with Crippen molar-refractivity contribution in [1.29, 1.82) is 0 Å². The minimum absolute atomic E-state index is 0. The van der Waals surface area contributed by atoms with Gasteiger partial charge >= 0.3 is 21.1 Å². The Kier molecular flexibility index (Phi) is 18.2. The van der Waals surface area contributed by atoms with Crippen LogP contribution in [0.1, 0.15) is 101 Å². The van der Waals surface area contributed by atoms with Crippen LogP contribution < -0.4 is 4.74 Å². The Labute approximate surface area is 587 Å². The molecule has 0 bridgehead atoms. The summed E-state index contributed by atoms with van der Waals surface area (Å²) in [5.41, 5.74) is 18.4. The molecule has 16 rings (SSSR count). The number of benzene rings is 13. The van der Waals surface area contributed by atoms with E-state index in [9.17, 15) is 0 Å². The Hall–Kier alpha value is -10.2. The average Bonchev–Trinajstić information content (AvgIpc) is 1.15. The molecule has 0 saturated heterocycles. The van der Waals surface area contributed by atoms with Crippen molar-refractivity contribution in [3.05, 3.63) is 314 Å². The molecule has 0 aliphatic heterocycles. The quantitative estimate of drug-likeness (QED) is 0.0805. The second-order valence-electron chi connectivity index (χ2n) is 26.3. The van der Waals surface area contributed by atoms with E-state index in [2.05, 4.69) is 332 Å². The predicted octanol–water partition coefficient (Wildman–Crippen LogP) is 25.5. The van der Waals surface area contributed by atoms with E-state index in [-0.39, 0.29) is 21.1 Å². The largest absolute Gasteiger partial charge is 2.00 e. The van der Waals surface area contributed by atoms with Crippen LogP contribution in [0.4, 0.5) is 0 Å². The van der Waals surface area contributed by atoms with Gasteiger partial charge in [0, 0.05) is 67.8 Å². The van der Waals surface area contributed by atoms with Crippen LogP contribution in [0.15, 0.2) is 280 Å². The van der Waals surface area contributed by atoms with Crippen LogP contribution in [0.3, 0.4) is 0 Å². The van der Waals surface area contributed by atoms with E-state index in [4.69, 9.17) is 14.7 Å². The molecule has 0 fully saturated rings. The fraction of sp³-hybridized carbons (Fsp3) is 0.133. The van der Waals surface area contributed by atoms with Gasteiger partial charge in [-0.25, -0.2) is 0 Å². The summed E-state index contributed by atoms with van der Waals surface area (Å²) in [6, 6.07) is 98.9. The van der Waals surface area contributed by atoms with Crippen LogP contribution in [0, 0.1) is 12.1 Å². The first-order valence-corrected chi connectivity index (χ1v) is 34.4. The van der Waals surface area contributed by atoms with Crippen LogP contribution in [0.5, 0.6) is 11.5 Å². The van der Waals surface area contributed by atoms with Crippen molar-refractivity contribution >= 4 is 63.8 Å². The Morgan fingerprint density at radius 1 is 0.330 bits per heavy atom. The molecule has 97 heavy (non-hydrogen) atoms. The summed E-state index contributed by atoms with van der Waals surface area (Å²) in [6.45, 7) is 18.0. The van der Waals surface area contributed by atoms with Crippen molar-refractivity contribution in [1.82, 2.24) is 19.1 Å². The zero-order valence-electron chi connectivity index (χ0n) is 55.8. The van der Waals surface area contributed by atoms with Gasteiger partial charge < -0.3 is 13.9 Å². The number of hydrogen-bond donors (Lipinski definition) is 0. The molecule has 0 aliphatic rings. The molecule has 0 radical (unpaired) electrons. The minimum atomic E-state index is 0. The number of imidazole rings is 2. The van der Waals surface area contributed by atoms with Crippen molar-refractivity contribution in [2.24, 2.45) is 0 Å². The van der Waals surface area contributed by atoms with Gasteiger partial charge in [-0.3, -0.25) is 9.97 Å². The fourth-order valence-electron chi connectivity index (χ4n) is 14.0. The van der Waals surface area contributed by atoms with Gasteiger partial charge in [0.05, 0.1) is 11.6 Å². The molecular weight excluding hydrogens is 1380 g/mol. The van der Waals surface area contributed by atoms with E-state index in [0.29, 0.717) is 35.2 Å². The van der Waals surface area contributed by atoms with Crippen LogP contribution in [-0.2, 0) is 21.1 Å². The van der Waals surface area contributed by atoms with Gasteiger partial charge in [-0.2, -0.15) is 0 Å². The van der Waals surface area contributed by atoms with Crippen molar-refractivity contribution in [3.8, 4) is 90.2 Å². The number of hydrogen-bond acceptors (Lipinski definition) is 4. The van der Waals surface area contributed by atoms with Crippen LogP contribution in [-0.4, -0.2) is 19.1 Å². The first kappa shape index (κ1) is 64.1. The van der Waals surface area contributed by atoms with Crippen molar-refractivity contribution < 1.29 is 25.8 Å². The zero-order valence-corrected chi connectivity index (χ0v) is 58.9. The monoisotopic (exact) mass is 1450 g/mol. The number of aromatic nitrogens is 4. The SMILES string of the molecule is CC(C)c1cccc(C(C)C)c1-n1ccnc1-c1[c-]c(Oc2[c-]c(-c3nccn3-c3c(C(C)C)cccc3C(C)C)cc(-c3ccccc3)c2)cc(-c2ccccc2)c1.[Pt+2].c1cc(-c2ccc3c4ccccc4c4ccccc4c3c2)cc(-c2cccc3c2sc2ccccc23)c1. The maximum atomic E-state index is 6.93. The summed E-state index contributed by atoms with van der Waals surface area (Å²) in [6.07, 6.45) is 7.90. The van der Waals surface area contributed by atoms with Gasteiger partial charge in [0.2, 0.25) is 0 Å². The van der Waals surface area contributed by atoms with Gasteiger partial charge in [0.15, 0.2) is 0 Å². The smallest absolute Gasteiger partial charge is 0.497 e. The Bertz CT molecular complexity index is 5270. The molecule has 3 heterocycles. The molecule has 5 nitrogen and oxygen atoms in total. The van der Waals surface area contributed by atoms with E-state index in [1.54, 1.807) is 0 Å². The van der Waals surface area contributed by atoms with Crippen molar-refractivity contribution in [3.63, 3.8) is 0 Å². The molecule has 7 heteroatoms. The van der Waals surface area contributed by atoms with Gasteiger partial charge in [0.1, 0.15) is 0 Å². The second kappa shape index (κ2) is 27.5. The summed E-state index contributed by atoms with van der Waals surface area (Å²) in [4.78, 5) is 9.97. The molecule has 0 aliphatic carbocycles. The van der Waals surface area contributed by atoms with E-state index in [1.165, 1.54) is 108 Å². The van der Waals surface area contributed by atoms with E-state index >= 15 is 0 Å². The maximum Gasteiger partial charge on any atom is 2.00 e. The molecule has 0 unspecified atom stereocenters. The Balaban J connectivity index is 0.000000181. The van der Waals surface area contributed by atoms with Crippen LogP contribution in [0.25, 0.3) is 131 Å². The molecular formula is C90H74N4OPtS. The molecule has 0 atom stereocenters. The normalized spacial score (nSPS) is 11.6. The first-order valence-electron chi connectivity index (χ1n) is 33.5. The molecule has 0 amide bonds. The van der Waals surface area contributed by atoms with Crippen LogP contribution in [0.2, 0.25) is 0 Å². The Morgan fingerprint density at radius 2 is 0.722 bits per heavy atom. The summed E-state index contributed by atoms with van der Waals surface area (Å²) in [5, 5.41) is 10.6. The number of para-hydroxylation sites is 2. The number of thiophene rings is 1. The first-order chi connectivity index (χ1) is 46.9. The molecule has 0 spiro atoms. The second-order valence-corrected chi connectivity index (χ2v) is 27.3.